The molecule has 0 aliphatic heterocycles. The van der Waals surface area contributed by atoms with Crippen molar-refractivity contribution in [2.24, 2.45) is 0 Å². The monoisotopic (exact) mass is 253 g/mol. The first kappa shape index (κ1) is 17.4. The molecule has 0 aliphatic rings. The molecule has 0 atom stereocenters. The van der Waals surface area contributed by atoms with Crippen LogP contribution in [-0.4, -0.2) is 8.32 Å². The third kappa shape index (κ3) is 4.23. The van der Waals surface area contributed by atoms with Crippen LogP contribution in [0.1, 0.15) is 26.3 Å². The molecule has 0 saturated carbocycles. The summed E-state index contributed by atoms with van der Waals surface area (Å²) >= 11 is 0. The molecule has 0 heterocycles. The van der Waals surface area contributed by atoms with Gasteiger partial charge in [-0.05, 0) is 18.1 Å². The number of nitrogens with zero attached hydrogens (tertiary/aromatic N) is 1. The van der Waals surface area contributed by atoms with Crippen molar-refractivity contribution in [2.45, 2.75) is 38.9 Å². The van der Waals surface area contributed by atoms with Crippen LogP contribution in [0.5, 0.6) is 0 Å². The molecular weight excluding hydrogens is 233 g/mol. The van der Waals surface area contributed by atoms with E-state index in [2.05, 4.69) is 39.9 Å². The zero-order chi connectivity index (χ0) is 13.1. The molecule has 0 amide bonds. The van der Waals surface area contributed by atoms with E-state index in [4.69, 9.17) is 4.43 Å². The number of nitriles is 1. The molecule has 1 aromatic carbocycles. The maximum Gasteiger partial charge on any atom is 1.00 e. The molecule has 92 valence electrons. The first-order chi connectivity index (χ1) is 7.78. The SMILES string of the molecule is CC(C)(C)[Si](C)(C)O[C-](C#N)c1ccccc1.[Li+]. The van der Waals surface area contributed by atoms with Gasteiger partial charge in [-0.3, -0.25) is 0 Å². The third-order valence-electron chi connectivity index (χ3n) is 3.30. The fourth-order valence-electron chi connectivity index (χ4n) is 1.14. The summed E-state index contributed by atoms with van der Waals surface area (Å²) in [6.45, 7) is 10.8. The topological polar surface area (TPSA) is 33.0 Å². The minimum Gasteiger partial charge on any atom is -0.435 e. The molecule has 0 N–H and O–H groups in total. The van der Waals surface area contributed by atoms with Gasteiger partial charge in [0.25, 0.3) is 0 Å². The van der Waals surface area contributed by atoms with E-state index in [-0.39, 0.29) is 23.9 Å². The van der Waals surface area contributed by atoms with Crippen LogP contribution in [0.4, 0.5) is 0 Å². The van der Waals surface area contributed by atoms with Crippen molar-refractivity contribution in [2.75, 3.05) is 0 Å². The van der Waals surface area contributed by atoms with Gasteiger partial charge in [-0.2, -0.15) is 12.1 Å². The Bertz CT molecular complexity index is 406. The zero-order valence-corrected chi connectivity index (χ0v) is 13.2. The van der Waals surface area contributed by atoms with Crippen LogP contribution in [0, 0.1) is 17.4 Å². The molecular formula is C14H20LiNOSi. The van der Waals surface area contributed by atoms with Crippen molar-refractivity contribution in [3.8, 4) is 6.07 Å². The predicted molar refractivity (Wildman–Crippen MR) is 72.7 cm³/mol. The van der Waals surface area contributed by atoms with Gasteiger partial charge in [-0.25, -0.2) is 5.26 Å². The third-order valence-corrected chi connectivity index (χ3v) is 7.63. The Morgan fingerprint density at radius 1 is 1.17 bits per heavy atom. The van der Waals surface area contributed by atoms with Gasteiger partial charge < -0.3 is 4.43 Å². The van der Waals surface area contributed by atoms with Crippen LogP contribution in [0.2, 0.25) is 18.1 Å². The summed E-state index contributed by atoms with van der Waals surface area (Å²) in [6, 6.07) is 11.8. The molecule has 0 saturated heterocycles. The van der Waals surface area contributed by atoms with Crippen molar-refractivity contribution in [3.05, 3.63) is 42.0 Å². The molecule has 0 aliphatic carbocycles. The fraction of sp³-hybridized carbons (Fsp3) is 0.429. The Morgan fingerprint density at radius 2 is 1.67 bits per heavy atom. The van der Waals surface area contributed by atoms with Gasteiger partial charge in [0.1, 0.15) is 0 Å². The first-order valence-corrected chi connectivity index (χ1v) is 8.70. The van der Waals surface area contributed by atoms with Gasteiger partial charge in [0, 0.05) is 6.10 Å². The smallest absolute Gasteiger partial charge is 0.435 e. The molecule has 0 unspecified atom stereocenters. The second-order valence-electron chi connectivity index (χ2n) is 5.67. The van der Waals surface area contributed by atoms with E-state index < -0.39 is 8.32 Å². The predicted octanol–water partition coefficient (Wildman–Crippen LogP) is 1.12. The minimum atomic E-state index is -1.93. The summed E-state index contributed by atoms with van der Waals surface area (Å²) in [5.41, 5.74) is 0.861. The summed E-state index contributed by atoms with van der Waals surface area (Å²) in [6.07, 6.45) is 0.442. The van der Waals surface area contributed by atoms with E-state index in [1.165, 1.54) is 0 Å². The summed E-state index contributed by atoms with van der Waals surface area (Å²) in [4.78, 5) is 0. The summed E-state index contributed by atoms with van der Waals surface area (Å²) < 4.78 is 6.03. The van der Waals surface area contributed by atoms with Crippen molar-refractivity contribution < 1.29 is 23.3 Å². The first-order valence-electron chi connectivity index (χ1n) is 5.79. The maximum absolute atomic E-state index is 9.22. The van der Waals surface area contributed by atoms with Crippen LogP contribution in [0.3, 0.4) is 0 Å². The average molecular weight is 253 g/mol. The quantitative estimate of drug-likeness (QED) is 0.597. The molecule has 0 aromatic heterocycles. The molecule has 1 rings (SSSR count). The summed E-state index contributed by atoms with van der Waals surface area (Å²) in [5, 5.41) is 9.32. The van der Waals surface area contributed by atoms with Gasteiger partial charge in [0.2, 0.25) is 0 Å². The van der Waals surface area contributed by atoms with Crippen LogP contribution < -0.4 is 18.9 Å². The van der Waals surface area contributed by atoms with E-state index >= 15 is 0 Å². The molecule has 1 aromatic rings. The second kappa shape index (κ2) is 6.50. The summed E-state index contributed by atoms with van der Waals surface area (Å²) in [5.74, 6) is 0. The number of benzene rings is 1. The normalized spacial score (nSPS) is 11.3. The second-order valence-corrected chi connectivity index (χ2v) is 10.4. The Kier molecular flexibility index (Phi) is 6.27. The molecule has 0 radical (unpaired) electrons. The largest absolute Gasteiger partial charge is 1.00 e. The Balaban J connectivity index is 0.00000289. The van der Waals surface area contributed by atoms with Crippen molar-refractivity contribution in [1.29, 1.82) is 5.26 Å². The zero-order valence-electron chi connectivity index (χ0n) is 12.2. The van der Waals surface area contributed by atoms with E-state index in [1.807, 2.05) is 30.3 Å². The molecule has 0 spiro atoms. The molecule has 0 bridgehead atoms. The summed E-state index contributed by atoms with van der Waals surface area (Å²) in [7, 11) is -1.93. The Morgan fingerprint density at radius 3 is 2.06 bits per heavy atom. The fourth-order valence-corrected chi connectivity index (χ4v) is 2.12. The van der Waals surface area contributed by atoms with Gasteiger partial charge in [0.15, 0.2) is 8.32 Å². The molecule has 18 heavy (non-hydrogen) atoms. The van der Waals surface area contributed by atoms with Crippen molar-refractivity contribution in [1.82, 2.24) is 0 Å². The van der Waals surface area contributed by atoms with Crippen LogP contribution in [0.25, 0.3) is 0 Å². The maximum atomic E-state index is 9.22. The molecule has 4 heteroatoms. The average Bonchev–Trinajstić information content (AvgIpc) is 2.25. The van der Waals surface area contributed by atoms with Gasteiger partial charge in [0.05, 0.1) is 6.07 Å². The number of hydrogen-bond donors (Lipinski definition) is 0. The van der Waals surface area contributed by atoms with Gasteiger partial charge in [-0.1, -0.05) is 26.8 Å². The number of rotatable bonds is 3. The molecule has 2 nitrogen and oxygen atoms in total. The Hall–Kier alpha value is -0.646. The van der Waals surface area contributed by atoms with Crippen LogP contribution >= 0.6 is 0 Å². The standard InChI is InChI=1S/C14H20NOSi.Li/c1-14(2,3)17(4,5)16-13(11-15)12-9-7-6-8-10-12;/h6-10H,1-5H3;/q-1;+1. The Labute approximate surface area is 124 Å². The van der Waals surface area contributed by atoms with E-state index in [1.54, 1.807) is 0 Å². The van der Waals surface area contributed by atoms with Crippen molar-refractivity contribution >= 4 is 8.32 Å². The van der Waals surface area contributed by atoms with Gasteiger partial charge in [-0.15, -0.1) is 17.7 Å². The minimum absolute atomic E-state index is 0. The van der Waals surface area contributed by atoms with Crippen LogP contribution in [0.15, 0.2) is 30.3 Å². The van der Waals surface area contributed by atoms with Crippen molar-refractivity contribution in [3.63, 3.8) is 0 Å². The van der Waals surface area contributed by atoms with Gasteiger partial charge >= 0.3 is 18.9 Å². The van der Waals surface area contributed by atoms with E-state index in [0.29, 0.717) is 6.10 Å². The van der Waals surface area contributed by atoms with E-state index in [0.717, 1.165) is 5.56 Å². The van der Waals surface area contributed by atoms with Crippen LogP contribution in [-0.2, 0) is 4.43 Å². The van der Waals surface area contributed by atoms with E-state index in [9.17, 15) is 5.26 Å². The molecule has 0 fully saturated rings. The number of hydrogen-bond acceptors (Lipinski definition) is 2.